The van der Waals surface area contributed by atoms with Crippen LogP contribution in [0.3, 0.4) is 0 Å². The minimum atomic E-state index is 0.0323. The Kier molecular flexibility index (Phi) is 8.37. The number of hydrogen-bond acceptors (Lipinski definition) is 4. The summed E-state index contributed by atoms with van der Waals surface area (Å²) in [4.78, 5) is 27.0. The summed E-state index contributed by atoms with van der Waals surface area (Å²) in [6, 6.07) is 17.2. The monoisotopic (exact) mass is 546 g/mol. The maximum absolute atomic E-state index is 13.4. The van der Waals surface area contributed by atoms with E-state index in [-0.39, 0.29) is 11.8 Å². The van der Waals surface area contributed by atoms with Crippen molar-refractivity contribution in [3.05, 3.63) is 99.9 Å². The number of piperidine rings is 1. The standard InChI is InChI=1S/C36H42N4O/c1-23-16-31(17-24(2)27(23)5)34-9-8-33(21-38-34)39(7)36(41)30-11-14-40(15-12-30)22-29-10-13-37-35(20-29)32-18-25(3)28(6)26(4)19-32/h8-10,13,16-21,30H,11-12,14-15,22H2,1-7H3. The Morgan fingerprint density at radius 2 is 1.34 bits per heavy atom. The van der Waals surface area contributed by atoms with E-state index in [9.17, 15) is 4.79 Å². The van der Waals surface area contributed by atoms with Gasteiger partial charge in [0.25, 0.3) is 0 Å². The van der Waals surface area contributed by atoms with Crippen molar-refractivity contribution in [2.75, 3.05) is 25.0 Å². The molecule has 0 unspecified atom stereocenters. The van der Waals surface area contributed by atoms with E-state index in [2.05, 4.69) is 87.8 Å². The van der Waals surface area contributed by atoms with Crippen molar-refractivity contribution in [1.82, 2.24) is 14.9 Å². The molecule has 5 heteroatoms. The van der Waals surface area contributed by atoms with Crippen molar-refractivity contribution in [2.45, 2.75) is 60.9 Å². The van der Waals surface area contributed by atoms with Gasteiger partial charge in [0, 0.05) is 36.8 Å². The summed E-state index contributed by atoms with van der Waals surface area (Å²) in [6.45, 7) is 15.6. The fraction of sp³-hybridized carbons (Fsp3) is 0.361. The van der Waals surface area contributed by atoms with Crippen molar-refractivity contribution < 1.29 is 4.79 Å². The van der Waals surface area contributed by atoms with E-state index in [0.717, 1.165) is 55.1 Å². The molecule has 5 rings (SSSR count). The van der Waals surface area contributed by atoms with Crippen LogP contribution in [0.1, 0.15) is 51.8 Å². The molecular weight excluding hydrogens is 504 g/mol. The molecule has 1 aliphatic rings. The van der Waals surface area contributed by atoms with Crippen LogP contribution < -0.4 is 4.90 Å². The second-order valence-electron chi connectivity index (χ2n) is 11.9. The van der Waals surface area contributed by atoms with E-state index in [1.165, 1.54) is 44.5 Å². The largest absolute Gasteiger partial charge is 0.314 e. The molecule has 0 aliphatic carbocycles. The third-order valence-corrected chi connectivity index (χ3v) is 9.08. The summed E-state index contributed by atoms with van der Waals surface area (Å²) < 4.78 is 0. The highest BCUT2D eigenvalue weighted by atomic mass is 16.2. The van der Waals surface area contributed by atoms with Crippen molar-refractivity contribution in [3.8, 4) is 22.5 Å². The number of pyridine rings is 2. The van der Waals surface area contributed by atoms with Crippen molar-refractivity contribution in [1.29, 1.82) is 0 Å². The van der Waals surface area contributed by atoms with Crippen LogP contribution in [0.4, 0.5) is 5.69 Å². The number of nitrogens with zero attached hydrogens (tertiary/aromatic N) is 4. The molecule has 0 saturated carbocycles. The van der Waals surface area contributed by atoms with Gasteiger partial charge in [0.05, 0.1) is 23.3 Å². The first kappa shape index (κ1) is 28.7. The van der Waals surface area contributed by atoms with E-state index in [4.69, 9.17) is 4.98 Å². The van der Waals surface area contributed by atoms with E-state index < -0.39 is 0 Å². The zero-order chi connectivity index (χ0) is 29.3. The molecule has 0 bridgehead atoms. The predicted molar refractivity (Wildman–Crippen MR) is 169 cm³/mol. The quantitative estimate of drug-likeness (QED) is 0.251. The van der Waals surface area contributed by atoms with Gasteiger partial charge >= 0.3 is 0 Å². The summed E-state index contributed by atoms with van der Waals surface area (Å²) in [6.07, 6.45) is 5.47. The number of anilines is 1. The fourth-order valence-corrected chi connectivity index (χ4v) is 5.85. The van der Waals surface area contributed by atoms with Crippen molar-refractivity contribution >= 4 is 11.6 Å². The average molecular weight is 547 g/mol. The molecule has 3 heterocycles. The molecule has 0 atom stereocenters. The Labute approximate surface area is 245 Å². The van der Waals surface area contributed by atoms with E-state index in [0.29, 0.717) is 0 Å². The minimum Gasteiger partial charge on any atom is -0.314 e. The summed E-state index contributed by atoms with van der Waals surface area (Å²) in [5, 5.41) is 0. The molecule has 0 N–H and O–H groups in total. The van der Waals surface area contributed by atoms with E-state index in [1.54, 1.807) is 4.90 Å². The van der Waals surface area contributed by atoms with Crippen LogP contribution >= 0.6 is 0 Å². The van der Waals surface area contributed by atoms with E-state index in [1.807, 2.05) is 31.6 Å². The fourth-order valence-electron chi connectivity index (χ4n) is 5.85. The van der Waals surface area contributed by atoms with Crippen molar-refractivity contribution in [3.63, 3.8) is 0 Å². The number of hydrogen-bond donors (Lipinski definition) is 0. The van der Waals surface area contributed by atoms with Gasteiger partial charge in [-0.1, -0.05) is 0 Å². The zero-order valence-electron chi connectivity index (χ0n) is 25.6. The lowest BCUT2D eigenvalue weighted by atomic mass is 9.94. The highest BCUT2D eigenvalue weighted by Crippen LogP contribution is 2.28. The number of amides is 1. The highest BCUT2D eigenvalue weighted by molar-refractivity contribution is 5.94. The summed E-state index contributed by atoms with van der Waals surface area (Å²) in [5.74, 6) is 0.211. The molecule has 2 aromatic carbocycles. The van der Waals surface area contributed by atoms with Gasteiger partial charge in [0.1, 0.15) is 0 Å². The molecule has 0 radical (unpaired) electrons. The number of carbonyl (C=O) groups is 1. The molecule has 1 saturated heterocycles. The number of benzene rings is 2. The van der Waals surface area contributed by atoms with Crippen LogP contribution in [0.2, 0.25) is 0 Å². The molecule has 1 fully saturated rings. The zero-order valence-corrected chi connectivity index (χ0v) is 25.6. The maximum atomic E-state index is 13.4. The van der Waals surface area contributed by atoms with Gasteiger partial charge in [-0.2, -0.15) is 0 Å². The summed E-state index contributed by atoms with van der Waals surface area (Å²) in [5.41, 5.74) is 14.1. The van der Waals surface area contributed by atoms with Crippen molar-refractivity contribution in [2.24, 2.45) is 5.92 Å². The van der Waals surface area contributed by atoms with E-state index >= 15 is 0 Å². The summed E-state index contributed by atoms with van der Waals surface area (Å²) in [7, 11) is 1.87. The Balaban J connectivity index is 1.18. The first-order valence-electron chi connectivity index (χ1n) is 14.7. The van der Waals surface area contributed by atoms with Crippen LogP contribution in [-0.4, -0.2) is 40.9 Å². The highest BCUT2D eigenvalue weighted by Gasteiger charge is 2.28. The lowest BCUT2D eigenvalue weighted by Gasteiger charge is -2.33. The summed E-state index contributed by atoms with van der Waals surface area (Å²) >= 11 is 0. The smallest absolute Gasteiger partial charge is 0.229 e. The van der Waals surface area contributed by atoms with Crippen LogP contribution in [0.25, 0.3) is 22.5 Å². The van der Waals surface area contributed by atoms with Crippen LogP contribution in [0.5, 0.6) is 0 Å². The third kappa shape index (κ3) is 6.25. The third-order valence-electron chi connectivity index (χ3n) is 9.08. The topological polar surface area (TPSA) is 49.3 Å². The normalized spacial score (nSPS) is 14.3. The Hall–Kier alpha value is -3.83. The van der Waals surface area contributed by atoms with Gasteiger partial charge < -0.3 is 4.90 Å². The van der Waals surface area contributed by atoms with Gasteiger partial charge in [0.15, 0.2) is 0 Å². The number of likely N-dealkylation sites (tertiary alicyclic amines) is 1. The molecule has 1 aliphatic heterocycles. The van der Waals surface area contributed by atoms with Crippen LogP contribution in [0.15, 0.2) is 60.9 Å². The SMILES string of the molecule is Cc1cc(-c2ccc(N(C)C(=O)C3CCN(Cc4ccnc(-c5cc(C)c(C)c(C)c5)c4)CC3)cn2)cc(C)c1C. The minimum absolute atomic E-state index is 0.0323. The second kappa shape index (κ2) is 12.0. The molecule has 212 valence electrons. The number of carbonyl (C=O) groups excluding carboxylic acids is 1. The van der Waals surface area contributed by atoms with Crippen LogP contribution in [-0.2, 0) is 11.3 Å². The lowest BCUT2D eigenvalue weighted by molar-refractivity contribution is -0.123. The predicted octanol–water partition coefficient (Wildman–Crippen LogP) is 7.54. The second-order valence-corrected chi connectivity index (χ2v) is 11.9. The average Bonchev–Trinajstić information content (AvgIpc) is 2.98. The molecule has 41 heavy (non-hydrogen) atoms. The molecule has 4 aromatic rings. The van der Waals surface area contributed by atoms with Gasteiger partial charge in [-0.15, -0.1) is 0 Å². The van der Waals surface area contributed by atoms with Gasteiger partial charge in [0.2, 0.25) is 5.91 Å². The molecule has 5 nitrogen and oxygen atoms in total. The maximum Gasteiger partial charge on any atom is 0.229 e. The number of rotatable bonds is 6. The van der Waals surface area contributed by atoms with Crippen LogP contribution in [0, 0.1) is 47.5 Å². The van der Waals surface area contributed by atoms with Gasteiger partial charge in [-0.3, -0.25) is 19.7 Å². The Morgan fingerprint density at radius 3 is 1.88 bits per heavy atom. The lowest BCUT2D eigenvalue weighted by Crippen LogP contribution is -2.41. The first-order chi connectivity index (χ1) is 19.6. The molecule has 0 spiro atoms. The molecule has 1 amide bonds. The Morgan fingerprint density at radius 1 is 0.780 bits per heavy atom. The van der Waals surface area contributed by atoms with Gasteiger partial charge in [-0.25, -0.2) is 0 Å². The Bertz CT molecular complexity index is 1520. The number of aromatic nitrogens is 2. The molecule has 2 aromatic heterocycles. The number of aryl methyl sites for hydroxylation is 4. The first-order valence-corrected chi connectivity index (χ1v) is 14.7. The van der Waals surface area contributed by atoms with Gasteiger partial charge in [-0.05, 0) is 155 Å². The molecular formula is C36H42N4O.